The third-order valence-electron chi connectivity index (χ3n) is 3.65. The van der Waals surface area contributed by atoms with Crippen LogP contribution in [-0.4, -0.2) is 43.1 Å². The van der Waals surface area contributed by atoms with E-state index in [1.807, 2.05) is 0 Å². The SMILES string of the molecule is ClCCC[N+]1(Cc2ccccc2)CCNCC1. The van der Waals surface area contributed by atoms with Crippen LogP contribution < -0.4 is 5.32 Å². The highest BCUT2D eigenvalue weighted by Gasteiger charge is 2.29. The van der Waals surface area contributed by atoms with Crippen LogP contribution in [0, 0.1) is 0 Å². The van der Waals surface area contributed by atoms with Gasteiger partial charge in [-0.1, -0.05) is 30.3 Å². The minimum Gasteiger partial charge on any atom is -0.318 e. The fraction of sp³-hybridized carbons (Fsp3) is 0.571. The summed E-state index contributed by atoms with van der Waals surface area (Å²) >= 11 is 5.86. The van der Waals surface area contributed by atoms with Crippen molar-refractivity contribution in [3.8, 4) is 0 Å². The number of rotatable bonds is 5. The average molecular weight is 254 g/mol. The summed E-state index contributed by atoms with van der Waals surface area (Å²) in [5.41, 5.74) is 1.45. The molecule has 2 nitrogen and oxygen atoms in total. The van der Waals surface area contributed by atoms with E-state index in [4.69, 9.17) is 11.6 Å². The number of nitrogens with zero attached hydrogens (tertiary/aromatic N) is 1. The van der Waals surface area contributed by atoms with Crippen molar-refractivity contribution in [2.45, 2.75) is 13.0 Å². The summed E-state index contributed by atoms with van der Waals surface area (Å²) in [5.74, 6) is 0.780. The predicted octanol–water partition coefficient (Wildman–Crippen LogP) is 2.24. The maximum absolute atomic E-state index is 5.86. The minimum atomic E-state index is 0.780. The molecule has 3 heteroatoms. The molecular weight excluding hydrogens is 232 g/mol. The molecule has 0 radical (unpaired) electrons. The van der Waals surface area contributed by atoms with Gasteiger partial charge < -0.3 is 9.80 Å². The second kappa shape index (κ2) is 6.39. The van der Waals surface area contributed by atoms with Crippen LogP contribution in [0.15, 0.2) is 30.3 Å². The van der Waals surface area contributed by atoms with Gasteiger partial charge in [0.2, 0.25) is 0 Å². The van der Waals surface area contributed by atoms with Crippen LogP contribution in [0.25, 0.3) is 0 Å². The van der Waals surface area contributed by atoms with Crippen molar-refractivity contribution in [3.05, 3.63) is 35.9 Å². The summed E-state index contributed by atoms with van der Waals surface area (Å²) < 4.78 is 1.20. The summed E-state index contributed by atoms with van der Waals surface area (Å²) in [7, 11) is 0. The molecule has 0 atom stereocenters. The summed E-state index contributed by atoms with van der Waals surface area (Å²) in [6.07, 6.45) is 1.12. The van der Waals surface area contributed by atoms with E-state index in [0.29, 0.717) is 0 Å². The molecule has 1 N–H and O–H groups in total. The molecule has 0 unspecified atom stereocenters. The number of nitrogens with one attached hydrogen (secondary N) is 1. The molecule has 0 spiro atoms. The van der Waals surface area contributed by atoms with Crippen molar-refractivity contribution in [1.29, 1.82) is 0 Å². The second-order valence-electron chi connectivity index (χ2n) is 4.95. The minimum absolute atomic E-state index is 0.780. The van der Waals surface area contributed by atoms with Gasteiger partial charge in [-0.3, -0.25) is 0 Å². The van der Waals surface area contributed by atoms with E-state index in [2.05, 4.69) is 35.6 Å². The van der Waals surface area contributed by atoms with Crippen LogP contribution in [0.4, 0.5) is 0 Å². The standard InChI is InChI=1S/C14H22ClN2/c15-7-4-10-17(11-8-16-9-12-17)13-14-5-2-1-3-6-14/h1-3,5-6,16H,4,7-13H2/q+1. The number of alkyl halides is 1. The number of piperazine rings is 1. The lowest BCUT2D eigenvalue weighted by molar-refractivity contribution is -0.942. The molecule has 0 amide bonds. The van der Waals surface area contributed by atoms with Crippen LogP contribution in [-0.2, 0) is 6.54 Å². The van der Waals surface area contributed by atoms with Crippen LogP contribution in [0.3, 0.4) is 0 Å². The Kier molecular flexibility index (Phi) is 4.84. The van der Waals surface area contributed by atoms with E-state index in [1.54, 1.807) is 0 Å². The van der Waals surface area contributed by atoms with Gasteiger partial charge in [-0.15, -0.1) is 11.6 Å². The Morgan fingerprint density at radius 1 is 1.12 bits per heavy atom. The van der Waals surface area contributed by atoms with E-state index in [1.165, 1.54) is 29.7 Å². The molecule has 0 aliphatic carbocycles. The molecule has 1 aliphatic rings. The number of halogens is 1. The molecule has 94 valence electrons. The first-order chi connectivity index (χ1) is 8.35. The second-order valence-corrected chi connectivity index (χ2v) is 5.33. The molecule has 2 rings (SSSR count). The van der Waals surface area contributed by atoms with Gasteiger partial charge in [-0.05, 0) is 0 Å². The molecule has 0 bridgehead atoms. The van der Waals surface area contributed by atoms with Gasteiger partial charge >= 0.3 is 0 Å². The van der Waals surface area contributed by atoms with Gasteiger partial charge in [0, 0.05) is 31.0 Å². The molecule has 0 aromatic heterocycles. The lowest BCUT2D eigenvalue weighted by Gasteiger charge is -2.42. The highest BCUT2D eigenvalue weighted by atomic mass is 35.5. The van der Waals surface area contributed by atoms with E-state index in [0.717, 1.165) is 31.9 Å². The molecule has 1 aromatic carbocycles. The summed E-state index contributed by atoms with van der Waals surface area (Å²) in [4.78, 5) is 0. The lowest BCUT2D eigenvalue weighted by Crippen LogP contribution is -2.58. The molecule has 1 fully saturated rings. The third kappa shape index (κ3) is 3.70. The van der Waals surface area contributed by atoms with Crippen LogP contribution in [0.5, 0.6) is 0 Å². The van der Waals surface area contributed by atoms with Crippen LogP contribution >= 0.6 is 11.6 Å². The summed E-state index contributed by atoms with van der Waals surface area (Å²) in [6, 6.07) is 10.8. The normalized spacial score (nSPS) is 19.1. The Bertz CT molecular complexity index is 320. The van der Waals surface area contributed by atoms with Crippen molar-refractivity contribution in [3.63, 3.8) is 0 Å². The maximum atomic E-state index is 5.86. The number of quaternary nitrogens is 1. The van der Waals surface area contributed by atoms with Crippen molar-refractivity contribution in [2.75, 3.05) is 38.6 Å². The van der Waals surface area contributed by atoms with Gasteiger partial charge in [0.05, 0.1) is 19.6 Å². The molecular formula is C14H22ClN2+. The molecule has 0 saturated carbocycles. The van der Waals surface area contributed by atoms with Gasteiger partial charge in [-0.2, -0.15) is 0 Å². The van der Waals surface area contributed by atoms with Crippen LogP contribution in [0.1, 0.15) is 12.0 Å². The molecule has 1 heterocycles. The summed E-state index contributed by atoms with van der Waals surface area (Å²) in [5, 5.41) is 3.45. The van der Waals surface area contributed by atoms with E-state index >= 15 is 0 Å². The van der Waals surface area contributed by atoms with Crippen molar-refractivity contribution < 1.29 is 4.48 Å². The number of hydrogen-bond acceptors (Lipinski definition) is 1. The average Bonchev–Trinajstić information content (AvgIpc) is 2.39. The quantitative estimate of drug-likeness (QED) is 0.627. The number of hydrogen-bond donors (Lipinski definition) is 1. The fourth-order valence-electron chi connectivity index (χ4n) is 2.70. The molecule has 17 heavy (non-hydrogen) atoms. The zero-order valence-corrected chi connectivity index (χ0v) is 11.1. The van der Waals surface area contributed by atoms with Crippen molar-refractivity contribution in [1.82, 2.24) is 5.32 Å². The first kappa shape index (κ1) is 12.9. The molecule has 1 aromatic rings. The lowest BCUT2D eigenvalue weighted by atomic mass is 10.1. The Morgan fingerprint density at radius 3 is 2.47 bits per heavy atom. The van der Waals surface area contributed by atoms with Gasteiger partial charge in [0.25, 0.3) is 0 Å². The predicted molar refractivity (Wildman–Crippen MR) is 73.2 cm³/mol. The first-order valence-electron chi connectivity index (χ1n) is 6.50. The number of benzene rings is 1. The largest absolute Gasteiger partial charge is 0.318 e. The van der Waals surface area contributed by atoms with Gasteiger partial charge in [0.1, 0.15) is 6.54 Å². The van der Waals surface area contributed by atoms with E-state index in [9.17, 15) is 0 Å². The Labute approximate surface area is 109 Å². The Hall–Kier alpha value is -0.570. The van der Waals surface area contributed by atoms with Gasteiger partial charge in [0.15, 0.2) is 0 Å². The zero-order valence-electron chi connectivity index (χ0n) is 10.4. The first-order valence-corrected chi connectivity index (χ1v) is 7.04. The van der Waals surface area contributed by atoms with E-state index < -0.39 is 0 Å². The molecule has 1 aliphatic heterocycles. The Balaban J connectivity index is 2.04. The Morgan fingerprint density at radius 2 is 1.82 bits per heavy atom. The topological polar surface area (TPSA) is 12.0 Å². The third-order valence-corrected chi connectivity index (χ3v) is 3.92. The monoisotopic (exact) mass is 253 g/mol. The molecule has 1 saturated heterocycles. The van der Waals surface area contributed by atoms with Gasteiger partial charge in [-0.25, -0.2) is 0 Å². The smallest absolute Gasteiger partial charge is 0.104 e. The van der Waals surface area contributed by atoms with Crippen LogP contribution in [0.2, 0.25) is 0 Å². The highest BCUT2D eigenvalue weighted by Crippen LogP contribution is 2.17. The van der Waals surface area contributed by atoms with E-state index in [-0.39, 0.29) is 0 Å². The fourth-order valence-corrected chi connectivity index (χ4v) is 2.82. The van der Waals surface area contributed by atoms with Crippen molar-refractivity contribution in [2.24, 2.45) is 0 Å². The highest BCUT2D eigenvalue weighted by molar-refractivity contribution is 6.17. The van der Waals surface area contributed by atoms with Crippen molar-refractivity contribution >= 4 is 11.6 Å². The maximum Gasteiger partial charge on any atom is 0.104 e. The zero-order chi connectivity index (χ0) is 12.0. The summed E-state index contributed by atoms with van der Waals surface area (Å²) in [6.45, 7) is 7.08.